The standard InChI is InChI=1S/C22H32BrNO4/c1-20(2,3)27-18(25)22(15-16-8-7-9-17(23)14-16)10-12-24(13-11-22)19(26)28-21(4,5)6/h7-9,14H,10-13,15H2,1-6H3. The fourth-order valence-corrected chi connectivity index (χ4v) is 3.77. The lowest BCUT2D eigenvalue weighted by Crippen LogP contribution is -2.50. The van der Waals surface area contributed by atoms with Crippen LogP contribution in [0.25, 0.3) is 0 Å². The second-order valence-corrected chi connectivity index (χ2v) is 10.5. The Morgan fingerprint density at radius 1 is 1.04 bits per heavy atom. The second kappa shape index (κ2) is 8.44. The number of esters is 1. The highest BCUT2D eigenvalue weighted by atomic mass is 79.9. The lowest BCUT2D eigenvalue weighted by Gasteiger charge is -2.41. The second-order valence-electron chi connectivity index (χ2n) is 9.56. The molecule has 5 nitrogen and oxygen atoms in total. The van der Waals surface area contributed by atoms with Gasteiger partial charge in [0, 0.05) is 17.6 Å². The molecular weight excluding hydrogens is 422 g/mol. The van der Waals surface area contributed by atoms with Crippen LogP contribution in [0.2, 0.25) is 0 Å². The maximum absolute atomic E-state index is 13.2. The molecule has 0 unspecified atom stereocenters. The molecule has 0 atom stereocenters. The van der Waals surface area contributed by atoms with Gasteiger partial charge < -0.3 is 14.4 Å². The Balaban J connectivity index is 2.19. The maximum atomic E-state index is 13.2. The van der Waals surface area contributed by atoms with Crippen LogP contribution in [0, 0.1) is 5.41 Å². The molecule has 0 aliphatic carbocycles. The normalized spacial score (nSPS) is 17.2. The summed E-state index contributed by atoms with van der Waals surface area (Å²) in [5.74, 6) is -0.191. The molecule has 1 amide bonds. The Kier molecular flexibility index (Phi) is 6.85. The number of hydrogen-bond acceptors (Lipinski definition) is 4. The van der Waals surface area contributed by atoms with Crippen molar-refractivity contribution < 1.29 is 19.1 Å². The molecule has 1 aliphatic heterocycles. The van der Waals surface area contributed by atoms with E-state index in [0.717, 1.165) is 10.0 Å². The van der Waals surface area contributed by atoms with E-state index >= 15 is 0 Å². The molecule has 0 spiro atoms. The predicted molar refractivity (Wildman–Crippen MR) is 113 cm³/mol. The van der Waals surface area contributed by atoms with E-state index in [-0.39, 0.29) is 12.1 Å². The van der Waals surface area contributed by atoms with Gasteiger partial charge in [-0.3, -0.25) is 4.79 Å². The first-order valence-corrected chi connectivity index (χ1v) is 10.5. The van der Waals surface area contributed by atoms with Gasteiger partial charge in [0.15, 0.2) is 0 Å². The summed E-state index contributed by atoms with van der Waals surface area (Å²) in [5.41, 5.74) is -0.658. The Hall–Kier alpha value is -1.56. The highest BCUT2D eigenvalue weighted by Gasteiger charge is 2.45. The Morgan fingerprint density at radius 3 is 2.11 bits per heavy atom. The summed E-state index contributed by atoms with van der Waals surface area (Å²) in [6, 6.07) is 8.00. The quantitative estimate of drug-likeness (QED) is 0.578. The molecule has 6 heteroatoms. The number of nitrogens with zero attached hydrogens (tertiary/aromatic N) is 1. The van der Waals surface area contributed by atoms with Crippen LogP contribution < -0.4 is 0 Å². The van der Waals surface area contributed by atoms with E-state index in [1.54, 1.807) is 4.90 Å². The molecule has 1 aromatic carbocycles. The molecule has 0 saturated carbocycles. The SMILES string of the molecule is CC(C)(C)OC(=O)N1CCC(Cc2cccc(Br)c2)(C(=O)OC(C)(C)C)CC1. The van der Waals surface area contributed by atoms with Gasteiger partial charge in [-0.2, -0.15) is 0 Å². The average Bonchev–Trinajstić information content (AvgIpc) is 2.52. The van der Waals surface area contributed by atoms with Crippen LogP contribution in [-0.4, -0.2) is 41.3 Å². The summed E-state index contributed by atoms with van der Waals surface area (Å²) in [4.78, 5) is 27.3. The molecule has 0 aromatic heterocycles. The molecule has 1 aromatic rings. The van der Waals surface area contributed by atoms with Crippen LogP contribution in [0.3, 0.4) is 0 Å². The van der Waals surface area contributed by atoms with Gasteiger partial charge in [0.1, 0.15) is 11.2 Å². The van der Waals surface area contributed by atoms with Gasteiger partial charge in [-0.05, 0) is 78.5 Å². The van der Waals surface area contributed by atoms with Gasteiger partial charge >= 0.3 is 12.1 Å². The van der Waals surface area contributed by atoms with Crippen molar-refractivity contribution in [1.82, 2.24) is 4.90 Å². The van der Waals surface area contributed by atoms with Crippen LogP contribution in [-0.2, 0) is 20.7 Å². The van der Waals surface area contributed by atoms with Crippen molar-refractivity contribution in [2.45, 2.75) is 72.0 Å². The zero-order valence-electron chi connectivity index (χ0n) is 17.8. The largest absolute Gasteiger partial charge is 0.460 e. The van der Waals surface area contributed by atoms with E-state index in [9.17, 15) is 9.59 Å². The van der Waals surface area contributed by atoms with Gasteiger partial charge in [-0.25, -0.2) is 4.79 Å². The highest BCUT2D eigenvalue weighted by molar-refractivity contribution is 9.10. The van der Waals surface area contributed by atoms with E-state index in [1.807, 2.05) is 65.8 Å². The summed E-state index contributed by atoms with van der Waals surface area (Å²) >= 11 is 3.50. The number of ether oxygens (including phenoxy) is 2. The van der Waals surface area contributed by atoms with Crippen molar-refractivity contribution in [2.24, 2.45) is 5.41 Å². The summed E-state index contributed by atoms with van der Waals surface area (Å²) in [6.45, 7) is 12.2. The number of amides is 1. The number of halogens is 1. The third kappa shape index (κ3) is 6.50. The minimum absolute atomic E-state index is 0.191. The van der Waals surface area contributed by atoms with Gasteiger partial charge in [0.25, 0.3) is 0 Å². The van der Waals surface area contributed by atoms with Crippen molar-refractivity contribution >= 4 is 28.0 Å². The molecule has 1 saturated heterocycles. The minimum Gasteiger partial charge on any atom is -0.460 e. The molecule has 1 fully saturated rings. The average molecular weight is 454 g/mol. The topological polar surface area (TPSA) is 55.8 Å². The van der Waals surface area contributed by atoms with Crippen molar-refractivity contribution in [3.05, 3.63) is 34.3 Å². The Labute approximate surface area is 176 Å². The Morgan fingerprint density at radius 2 is 1.61 bits per heavy atom. The number of likely N-dealkylation sites (tertiary alicyclic amines) is 1. The minimum atomic E-state index is -0.646. The number of carbonyl (C=O) groups is 2. The number of carbonyl (C=O) groups excluding carboxylic acids is 2. The first-order chi connectivity index (χ1) is 12.8. The predicted octanol–water partition coefficient (Wildman–Crippen LogP) is 5.35. The van der Waals surface area contributed by atoms with Gasteiger partial charge in [-0.15, -0.1) is 0 Å². The summed E-state index contributed by atoms with van der Waals surface area (Å²) < 4.78 is 12.2. The molecule has 0 N–H and O–H groups in total. The van der Waals surface area contributed by atoms with Crippen molar-refractivity contribution in [3.63, 3.8) is 0 Å². The fourth-order valence-electron chi connectivity index (χ4n) is 3.32. The van der Waals surface area contributed by atoms with Crippen LogP contribution in [0.4, 0.5) is 4.79 Å². The third-order valence-electron chi connectivity index (χ3n) is 4.64. The van der Waals surface area contributed by atoms with Crippen LogP contribution in [0.1, 0.15) is 59.9 Å². The van der Waals surface area contributed by atoms with Gasteiger partial charge in [-0.1, -0.05) is 28.1 Å². The van der Waals surface area contributed by atoms with Crippen molar-refractivity contribution in [2.75, 3.05) is 13.1 Å². The van der Waals surface area contributed by atoms with E-state index < -0.39 is 16.6 Å². The lowest BCUT2D eigenvalue weighted by molar-refractivity contribution is -0.170. The lowest BCUT2D eigenvalue weighted by atomic mass is 9.73. The molecule has 2 rings (SSSR count). The van der Waals surface area contributed by atoms with E-state index in [2.05, 4.69) is 15.9 Å². The van der Waals surface area contributed by atoms with E-state index in [0.29, 0.717) is 32.4 Å². The Bertz CT molecular complexity index is 710. The highest BCUT2D eigenvalue weighted by Crippen LogP contribution is 2.38. The molecule has 0 radical (unpaired) electrons. The zero-order valence-corrected chi connectivity index (χ0v) is 19.4. The first kappa shape index (κ1) is 22.7. The number of benzene rings is 1. The maximum Gasteiger partial charge on any atom is 0.410 e. The van der Waals surface area contributed by atoms with Gasteiger partial charge in [0.2, 0.25) is 0 Å². The van der Waals surface area contributed by atoms with Gasteiger partial charge in [0.05, 0.1) is 5.41 Å². The smallest absolute Gasteiger partial charge is 0.410 e. The molecule has 1 heterocycles. The summed E-state index contributed by atoms with van der Waals surface area (Å²) in [6.07, 6.45) is 1.36. The monoisotopic (exact) mass is 453 g/mol. The molecule has 156 valence electrons. The number of piperidine rings is 1. The molecule has 28 heavy (non-hydrogen) atoms. The van der Waals surface area contributed by atoms with Crippen LogP contribution >= 0.6 is 15.9 Å². The number of rotatable bonds is 3. The fraction of sp³-hybridized carbons (Fsp3) is 0.636. The molecule has 1 aliphatic rings. The van der Waals surface area contributed by atoms with Crippen molar-refractivity contribution in [1.29, 1.82) is 0 Å². The van der Waals surface area contributed by atoms with E-state index in [4.69, 9.17) is 9.47 Å². The van der Waals surface area contributed by atoms with Crippen molar-refractivity contribution in [3.8, 4) is 0 Å². The number of hydrogen-bond donors (Lipinski definition) is 0. The molecular formula is C22H32BrNO4. The summed E-state index contributed by atoms with van der Waals surface area (Å²) in [7, 11) is 0. The van der Waals surface area contributed by atoms with E-state index in [1.165, 1.54) is 0 Å². The van der Waals surface area contributed by atoms with Crippen LogP contribution in [0.5, 0.6) is 0 Å². The first-order valence-electron chi connectivity index (χ1n) is 9.76. The van der Waals surface area contributed by atoms with Crippen LogP contribution in [0.15, 0.2) is 28.7 Å². The molecule has 0 bridgehead atoms. The third-order valence-corrected chi connectivity index (χ3v) is 5.13. The summed E-state index contributed by atoms with van der Waals surface area (Å²) in [5, 5.41) is 0. The zero-order chi connectivity index (χ0) is 21.2.